The number of aliphatic carboxylic acids is 1. The first-order valence-electron chi connectivity index (χ1n) is 6.78. The lowest BCUT2D eigenvalue weighted by Crippen LogP contribution is -2.57. The lowest BCUT2D eigenvalue weighted by atomic mass is 9.99. The molecule has 1 aliphatic rings. The van der Waals surface area contributed by atoms with Crippen molar-refractivity contribution >= 4 is 5.97 Å². The number of benzene rings is 1. The van der Waals surface area contributed by atoms with E-state index in [4.69, 9.17) is 5.11 Å². The van der Waals surface area contributed by atoms with Crippen LogP contribution in [0.3, 0.4) is 0 Å². The molecule has 0 radical (unpaired) electrons. The summed E-state index contributed by atoms with van der Waals surface area (Å²) in [5.41, 5.74) is 1.25. The second-order valence-corrected chi connectivity index (χ2v) is 5.34. The maximum Gasteiger partial charge on any atom is 0.304 e. The minimum atomic E-state index is -0.717. The Morgan fingerprint density at radius 2 is 2.00 bits per heavy atom. The average Bonchev–Trinajstić information content (AvgIpc) is 2.39. The molecule has 19 heavy (non-hydrogen) atoms. The van der Waals surface area contributed by atoms with Crippen molar-refractivity contribution in [1.82, 2.24) is 9.80 Å². The van der Waals surface area contributed by atoms with Gasteiger partial charge in [0.15, 0.2) is 0 Å². The van der Waals surface area contributed by atoms with Crippen molar-refractivity contribution in [3.8, 4) is 0 Å². The standard InChI is InChI=1S/C15H22N2O2/c1-12-14(10-15(18)19)17(9-8-16(12)2)11-13-6-4-3-5-7-13/h3-7,12,14H,8-11H2,1-2H3,(H,18,19)/t12-,14+/m0/s1. The van der Waals surface area contributed by atoms with Gasteiger partial charge in [0, 0.05) is 31.7 Å². The minimum Gasteiger partial charge on any atom is -0.481 e. The van der Waals surface area contributed by atoms with Crippen molar-refractivity contribution in [1.29, 1.82) is 0 Å². The Bertz CT molecular complexity index is 421. The first-order valence-corrected chi connectivity index (χ1v) is 6.78. The van der Waals surface area contributed by atoms with Crippen molar-refractivity contribution in [2.45, 2.75) is 32.0 Å². The molecular formula is C15H22N2O2. The van der Waals surface area contributed by atoms with Crippen LogP contribution >= 0.6 is 0 Å². The van der Waals surface area contributed by atoms with Gasteiger partial charge in [-0.25, -0.2) is 0 Å². The van der Waals surface area contributed by atoms with E-state index in [9.17, 15) is 4.79 Å². The van der Waals surface area contributed by atoms with Crippen LogP contribution in [0, 0.1) is 0 Å². The van der Waals surface area contributed by atoms with Crippen LogP contribution in [0.4, 0.5) is 0 Å². The number of carboxylic acids is 1. The number of piperazine rings is 1. The third kappa shape index (κ3) is 3.55. The first-order chi connectivity index (χ1) is 9.08. The fourth-order valence-corrected chi connectivity index (χ4v) is 2.75. The Morgan fingerprint density at radius 1 is 1.32 bits per heavy atom. The molecule has 1 aliphatic heterocycles. The molecular weight excluding hydrogens is 240 g/mol. The number of carboxylic acid groups (broad SMARTS) is 1. The molecule has 1 aromatic carbocycles. The van der Waals surface area contributed by atoms with Crippen molar-refractivity contribution in [3.05, 3.63) is 35.9 Å². The Morgan fingerprint density at radius 3 is 2.63 bits per heavy atom. The van der Waals surface area contributed by atoms with Crippen molar-refractivity contribution in [2.75, 3.05) is 20.1 Å². The molecule has 4 nitrogen and oxygen atoms in total. The molecule has 0 spiro atoms. The topological polar surface area (TPSA) is 43.8 Å². The molecule has 2 rings (SSSR count). The van der Waals surface area contributed by atoms with Gasteiger partial charge in [0.25, 0.3) is 0 Å². The predicted molar refractivity (Wildman–Crippen MR) is 75.0 cm³/mol. The van der Waals surface area contributed by atoms with Gasteiger partial charge in [-0.2, -0.15) is 0 Å². The zero-order valence-electron chi connectivity index (χ0n) is 11.6. The molecule has 0 aliphatic carbocycles. The normalized spacial score (nSPS) is 25.4. The van der Waals surface area contributed by atoms with Crippen LogP contribution in [0.5, 0.6) is 0 Å². The molecule has 1 aromatic rings. The number of nitrogens with zero attached hydrogens (tertiary/aromatic N) is 2. The second kappa shape index (κ2) is 6.17. The van der Waals surface area contributed by atoms with Crippen molar-refractivity contribution in [3.63, 3.8) is 0 Å². The fraction of sp³-hybridized carbons (Fsp3) is 0.533. The number of carbonyl (C=O) groups is 1. The Hall–Kier alpha value is -1.39. The average molecular weight is 262 g/mol. The van der Waals surface area contributed by atoms with Crippen LogP contribution in [-0.2, 0) is 11.3 Å². The van der Waals surface area contributed by atoms with Crippen LogP contribution in [0.15, 0.2) is 30.3 Å². The zero-order chi connectivity index (χ0) is 13.8. The molecule has 1 heterocycles. The number of likely N-dealkylation sites (N-methyl/N-ethyl adjacent to an activating group) is 1. The molecule has 0 unspecified atom stereocenters. The van der Waals surface area contributed by atoms with Gasteiger partial charge < -0.3 is 10.0 Å². The van der Waals surface area contributed by atoms with Gasteiger partial charge in [0.2, 0.25) is 0 Å². The SMILES string of the molecule is C[C@H]1[C@@H](CC(=O)O)N(Cc2ccccc2)CCN1C. The molecule has 0 saturated carbocycles. The Balaban J connectivity index is 2.10. The quantitative estimate of drug-likeness (QED) is 0.896. The first kappa shape index (κ1) is 14.0. The van der Waals surface area contributed by atoms with E-state index in [1.807, 2.05) is 18.2 Å². The summed E-state index contributed by atoms with van der Waals surface area (Å²) in [5.74, 6) is -0.717. The smallest absolute Gasteiger partial charge is 0.304 e. The molecule has 1 N–H and O–H groups in total. The molecule has 0 aromatic heterocycles. The third-order valence-electron chi connectivity index (χ3n) is 4.07. The summed E-state index contributed by atoms with van der Waals surface area (Å²) in [4.78, 5) is 15.6. The van der Waals surface area contributed by atoms with Crippen LogP contribution in [0.25, 0.3) is 0 Å². The van der Waals surface area contributed by atoms with E-state index < -0.39 is 5.97 Å². The molecule has 0 bridgehead atoms. The highest BCUT2D eigenvalue weighted by molar-refractivity contribution is 5.67. The van der Waals surface area contributed by atoms with E-state index in [1.54, 1.807) is 0 Å². The molecule has 0 amide bonds. The highest BCUT2D eigenvalue weighted by atomic mass is 16.4. The van der Waals surface area contributed by atoms with Gasteiger partial charge in [-0.05, 0) is 19.5 Å². The Kier molecular flexibility index (Phi) is 4.56. The van der Waals surface area contributed by atoms with Gasteiger partial charge in [-0.15, -0.1) is 0 Å². The predicted octanol–water partition coefficient (Wildman–Crippen LogP) is 1.67. The number of hydrogen-bond donors (Lipinski definition) is 1. The minimum absolute atomic E-state index is 0.0801. The third-order valence-corrected chi connectivity index (χ3v) is 4.07. The van der Waals surface area contributed by atoms with Gasteiger partial charge >= 0.3 is 5.97 Å². The molecule has 4 heteroatoms. The maximum absolute atomic E-state index is 11.1. The van der Waals surface area contributed by atoms with E-state index in [-0.39, 0.29) is 18.5 Å². The monoisotopic (exact) mass is 262 g/mol. The maximum atomic E-state index is 11.1. The summed E-state index contributed by atoms with van der Waals surface area (Å²) >= 11 is 0. The van der Waals surface area contributed by atoms with Gasteiger partial charge in [-0.1, -0.05) is 30.3 Å². The summed E-state index contributed by atoms with van der Waals surface area (Å²) in [5, 5.41) is 9.11. The van der Waals surface area contributed by atoms with Gasteiger partial charge in [0.1, 0.15) is 0 Å². The summed E-state index contributed by atoms with van der Waals surface area (Å²) in [7, 11) is 2.07. The van der Waals surface area contributed by atoms with E-state index in [0.29, 0.717) is 0 Å². The number of rotatable bonds is 4. The van der Waals surface area contributed by atoms with Crippen LogP contribution < -0.4 is 0 Å². The molecule has 104 valence electrons. The van der Waals surface area contributed by atoms with Crippen molar-refractivity contribution in [2.24, 2.45) is 0 Å². The fourth-order valence-electron chi connectivity index (χ4n) is 2.75. The van der Waals surface area contributed by atoms with Crippen LogP contribution in [0.2, 0.25) is 0 Å². The van der Waals surface area contributed by atoms with Crippen LogP contribution in [0.1, 0.15) is 18.9 Å². The molecule has 2 atom stereocenters. The van der Waals surface area contributed by atoms with Gasteiger partial charge in [-0.3, -0.25) is 9.69 Å². The largest absolute Gasteiger partial charge is 0.481 e. The summed E-state index contributed by atoms with van der Waals surface area (Å²) < 4.78 is 0. The van der Waals surface area contributed by atoms with E-state index in [1.165, 1.54) is 5.56 Å². The van der Waals surface area contributed by atoms with E-state index >= 15 is 0 Å². The van der Waals surface area contributed by atoms with E-state index in [2.05, 4.69) is 35.9 Å². The van der Waals surface area contributed by atoms with Crippen LogP contribution in [-0.4, -0.2) is 53.1 Å². The summed E-state index contributed by atoms with van der Waals surface area (Å²) in [6.45, 7) is 4.86. The van der Waals surface area contributed by atoms with E-state index in [0.717, 1.165) is 19.6 Å². The van der Waals surface area contributed by atoms with Gasteiger partial charge in [0.05, 0.1) is 6.42 Å². The summed E-state index contributed by atoms with van der Waals surface area (Å²) in [6, 6.07) is 10.6. The number of hydrogen-bond acceptors (Lipinski definition) is 3. The molecule has 1 saturated heterocycles. The highest BCUT2D eigenvalue weighted by Gasteiger charge is 2.33. The van der Waals surface area contributed by atoms with Crippen molar-refractivity contribution < 1.29 is 9.90 Å². The lowest BCUT2D eigenvalue weighted by Gasteiger charge is -2.44. The Labute approximate surface area is 114 Å². The second-order valence-electron chi connectivity index (χ2n) is 5.34. The zero-order valence-corrected chi connectivity index (χ0v) is 11.6. The lowest BCUT2D eigenvalue weighted by molar-refractivity contribution is -0.139. The summed E-state index contributed by atoms with van der Waals surface area (Å²) in [6.07, 6.45) is 0.207. The molecule has 1 fully saturated rings. The highest BCUT2D eigenvalue weighted by Crippen LogP contribution is 2.21.